The van der Waals surface area contributed by atoms with Crippen LogP contribution in [0.4, 0.5) is 0 Å². The van der Waals surface area contributed by atoms with E-state index < -0.39 is 0 Å². The SMILES string of the molecule is Cc1cccc(CNC(=O)c2cnn3c(O)cc(C)nc23)c1. The lowest BCUT2D eigenvalue weighted by atomic mass is 10.1. The zero-order valence-electron chi connectivity index (χ0n) is 12.4. The molecule has 0 aliphatic carbocycles. The van der Waals surface area contributed by atoms with E-state index in [1.165, 1.54) is 16.8 Å². The highest BCUT2D eigenvalue weighted by molar-refractivity contribution is 5.99. The average Bonchev–Trinajstić information content (AvgIpc) is 2.89. The van der Waals surface area contributed by atoms with Crippen molar-refractivity contribution in [3.8, 4) is 5.88 Å². The van der Waals surface area contributed by atoms with E-state index in [9.17, 15) is 9.90 Å². The molecule has 1 amide bonds. The quantitative estimate of drug-likeness (QED) is 0.774. The zero-order chi connectivity index (χ0) is 15.7. The lowest BCUT2D eigenvalue weighted by Gasteiger charge is -2.05. The van der Waals surface area contributed by atoms with Crippen LogP contribution < -0.4 is 5.32 Å². The number of benzene rings is 1. The summed E-state index contributed by atoms with van der Waals surface area (Å²) in [6, 6.07) is 9.43. The Bertz CT molecular complexity index is 854. The number of fused-ring (bicyclic) bond motifs is 1. The van der Waals surface area contributed by atoms with Crippen LogP contribution >= 0.6 is 0 Å². The molecule has 0 aliphatic heterocycles. The van der Waals surface area contributed by atoms with Crippen LogP contribution in [0.5, 0.6) is 5.88 Å². The van der Waals surface area contributed by atoms with E-state index in [4.69, 9.17) is 0 Å². The van der Waals surface area contributed by atoms with Gasteiger partial charge in [-0.2, -0.15) is 9.61 Å². The molecule has 0 saturated carbocycles. The standard InChI is InChI=1S/C16H16N4O2/c1-10-4-3-5-12(6-10)8-17-16(22)13-9-18-20-14(21)7-11(2)19-15(13)20/h3-7,9,21H,8H2,1-2H3,(H,17,22). The van der Waals surface area contributed by atoms with Crippen molar-refractivity contribution in [1.82, 2.24) is 19.9 Å². The second-order valence-corrected chi connectivity index (χ2v) is 5.22. The molecule has 2 heterocycles. The summed E-state index contributed by atoms with van der Waals surface area (Å²) in [4.78, 5) is 16.6. The van der Waals surface area contributed by atoms with Crippen LogP contribution in [0.2, 0.25) is 0 Å². The Kier molecular flexibility index (Phi) is 3.50. The summed E-state index contributed by atoms with van der Waals surface area (Å²) >= 11 is 0. The number of aromatic nitrogens is 3. The molecule has 2 N–H and O–H groups in total. The van der Waals surface area contributed by atoms with Crippen molar-refractivity contribution >= 4 is 11.6 Å². The fraction of sp³-hybridized carbons (Fsp3) is 0.188. The molecule has 112 valence electrons. The van der Waals surface area contributed by atoms with Gasteiger partial charge in [0.15, 0.2) is 5.65 Å². The molecule has 22 heavy (non-hydrogen) atoms. The lowest BCUT2D eigenvalue weighted by Crippen LogP contribution is -2.22. The summed E-state index contributed by atoms with van der Waals surface area (Å²) in [5.74, 6) is -0.311. The molecule has 3 rings (SSSR count). The van der Waals surface area contributed by atoms with Crippen molar-refractivity contribution in [1.29, 1.82) is 0 Å². The first-order chi connectivity index (χ1) is 10.5. The predicted molar refractivity (Wildman–Crippen MR) is 81.7 cm³/mol. The fourth-order valence-corrected chi connectivity index (χ4v) is 2.32. The van der Waals surface area contributed by atoms with E-state index in [0.29, 0.717) is 23.4 Å². The molecule has 6 heteroatoms. The molecular weight excluding hydrogens is 280 g/mol. The van der Waals surface area contributed by atoms with Gasteiger partial charge >= 0.3 is 0 Å². The molecule has 2 aromatic heterocycles. The van der Waals surface area contributed by atoms with E-state index in [-0.39, 0.29) is 11.8 Å². The minimum absolute atomic E-state index is 0.0414. The van der Waals surface area contributed by atoms with Crippen molar-refractivity contribution in [3.05, 3.63) is 58.9 Å². The van der Waals surface area contributed by atoms with Gasteiger partial charge in [-0.15, -0.1) is 0 Å². The minimum atomic E-state index is -0.269. The maximum atomic E-state index is 12.3. The largest absolute Gasteiger partial charge is 0.493 e. The van der Waals surface area contributed by atoms with Crippen molar-refractivity contribution in [3.63, 3.8) is 0 Å². The van der Waals surface area contributed by atoms with Crippen molar-refractivity contribution in [2.45, 2.75) is 20.4 Å². The third kappa shape index (κ3) is 2.63. The van der Waals surface area contributed by atoms with E-state index in [2.05, 4.69) is 15.4 Å². The van der Waals surface area contributed by atoms with Gasteiger partial charge in [-0.3, -0.25) is 4.79 Å². The van der Waals surface area contributed by atoms with Crippen LogP contribution in [0.15, 0.2) is 36.5 Å². The summed E-state index contributed by atoms with van der Waals surface area (Å²) in [5, 5.41) is 16.7. The number of carbonyl (C=O) groups excluding carboxylic acids is 1. The third-order valence-corrected chi connectivity index (χ3v) is 3.36. The van der Waals surface area contributed by atoms with Crippen LogP contribution in [-0.4, -0.2) is 25.6 Å². The molecule has 0 saturated heterocycles. The molecule has 0 fully saturated rings. The summed E-state index contributed by atoms with van der Waals surface area (Å²) < 4.78 is 1.24. The molecule has 0 spiro atoms. The number of aromatic hydroxyl groups is 1. The first-order valence-electron chi connectivity index (χ1n) is 6.92. The Morgan fingerprint density at radius 1 is 1.32 bits per heavy atom. The Morgan fingerprint density at radius 2 is 2.14 bits per heavy atom. The van der Waals surface area contributed by atoms with Gasteiger partial charge in [-0.05, 0) is 19.4 Å². The molecule has 0 aliphatic rings. The Balaban J connectivity index is 1.83. The number of rotatable bonds is 3. The number of carbonyl (C=O) groups is 1. The van der Waals surface area contributed by atoms with Crippen LogP contribution in [0.1, 0.15) is 27.2 Å². The van der Waals surface area contributed by atoms with Gasteiger partial charge in [0.1, 0.15) is 5.56 Å². The molecule has 6 nitrogen and oxygen atoms in total. The number of aryl methyl sites for hydroxylation is 2. The average molecular weight is 296 g/mol. The highest BCUT2D eigenvalue weighted by Gasteiger charge is 2.16. The first-order valence-corrected chi connectivity index (χ1v) is 6.92. The Morgan fingerprint density at radius 3 is 2.91 bits per heavy atom. The predicted octanol–water partition coefficient (Wildman–Crippen LogP) is 1.98. The van der Waals surface area contributed by atoms with Crippen LogP contribution in [0.25, 0.3) is 5.65 Å². The maximum absolute atomic E-state index is 12.3. The summed E-state index contributed by atoms with van der Waals surface area (Å²) in [7, 11) is 0. The number of amides is 1. The number of nitrogens with one attached hydrogen (secondary N) is 1. The lowest BCUT2D eigenvalue weighted by molar-refractivity contribution is 0.0952. The second kappa shape index (κ2) is 5.48. The highest BCUT2D eigenvalue weighted by Crippen LogP contribution is 2.16. The van der Waals surface area contributed by atoms with Crippen LogP contribution in [0, 0.1) is 13.8 Å². The van der Waals surface area contributed by atoms with Crippen molar-refractivity contribution < 1.29 is 9.90 Å². The number of hydrogen-bond donors (Lipinski definition) is 2. The topological polar surface area (TPSA) is 79.5 Å². The first kappa shape index (κ1) is 14.1. The van der Waals surface area contributed by atoms with Gasteiger partial charge in [-0.1, -0.05) is 29.8 Å². The van der Waals surface area contributed by atoms with Gasteiger partial charge in [0.25, 0.3) is 5.91 Å². The summed E-state index contributed by atoms with van der Waals surface area (Å²) in [6.07, 6.45) is 1.41. The Labute approximate surface area is 127 Å². The monoisotopic (exact) mass is 296 g/mol. The number of nitrogens with zero attached hydrogens (tertiary/aromatic N) is 3. The van der Waals surface area contributed by atoms with Crippen LogP contribution in [0.3, 0.4) is 0 Å². The van der Waals surface area contributed by atoms with Gasteiger partial charge in [0, 0.05) is 18.3 Å². The maximum Gasteiger partial charge on any atom is 0.257 e. The normalized spacial score (nSPS) is 10.8. The van der Waals surface area contributed by atoms with Crippen molar-refractivity contribution in [2.24, 2.45) is 0 Å². The minimum Gasteiger partial charge on any atom is -0.493 e. The molecule has 0 unspecified atom stereocenters. The zero-order valence-corrected chi connectivity index (χ0v) is 12.4. The van der Waals surface area contributed by atoms with Gasteiger partial charge in [0.05, 0.1) is 6.20 Å². The van der Waals surface area contributed by atoms with E-state index in [0.717, 1.165) is 11.1 Å². The Hall–Kier alpha value is -2.89. The third-order valence-electron chi connectivity index (χ3n) is 3.36. The highest BCUT2D eigenvalue weighted by atomic mass is 16.3. The number of hydrogen-bond acceptors (Lipinski definition) is 4. The summed E-state index contributed by atoms with van der Waals surface area (Å²) in [6.45, 7) is 4.18. The molecule has 3 aromatic rings. The molecular formula is C16H16N4O2. The molecule has 1 aromatic carbocycles. The molecule has 0 bridgehead atoms. The smallest absolute Gasteiger partial charge is 0.257 e. The fourth-order valence-electron chi connectivity index (χ4n) is 2.32. The van der Waals surface area contributed by atoms with E-state index >= 15 is 0 Å². The molecule has 0 radical (unpaired) electrons. The van der Waals surface area contributed by atoms with E-state index in [1.807, 2.05) is 31.2 Å². The van der Waals surface area contributed by atoms with Gasteiger partial charge < -0.3 is 10.4 Å². The van der Waals surface area contributed by atoms with Gasteiger partial charge in [-0.25, -0.2) is 4.98 Å². The van der Waals surface area contributed by atoms with Crippen LogP contribution in [-0.2, 0) is 6.54 Å². The van der Waals surface area contributed by atoms with Gasteiger partial charge in [0.2, 0.25) is 5.88 Å². The summed E-state index contributed by atoms with van der Waals surface area (Å²) in [5.41, 5.74) is 3.48. The molecule has 0 atom stereocenters. The second-order valence-electron chi connectivity index (χ2n) is 5.22. The van der Waals surface area contributed by atoms with Crippen molar-refractivity contribution in [2.75, 3.05) is 0 Å². The van der Waals surface area contributed by atoms with E-state index in [1.54, 1.807) is 6.92 Å².